The van der Waals surface area contributed by atoms with Gasteiger partial charge in [-0.2, -0.15) is 8.78 Å². The minimum Gasteiger partial charge on any atom is -0.435 e. The first-order valence-corrected chi connectivity index (χ1v) is 7.79. The second kappa shape index (κ2) is 8.05. The fourth-order valence-electron chi connectivity index (χ4n) is 2.49. The highest BCUT2D eigenvalue weighted by molar-refractivity contribution is 6.00. The summed E-state index contributed by atoms with van der Waals surface area (Å²) < 4.78 is 28.6. The second-order valence-corrected chi connectivity index (χ2v) is 5.70. The predicted molar refractivity (Wildman–Crippen MR) is 84.8 cm³/mol. The zero-order valence-electron chi connectivity index (χ0n) is 13.4. The number of anilines is 1. The maximum absolute atomic E-state index is 12.6. The molecule has 0 bridgehead atoms. The van der Waals surface area contributed by atoms with Gasteiger partial charge in [-0.3, -0.25) is 9.59 Å². The average Bonchev–Trinajstić information content (AvgIpc) is 2.56. The van der Waals surface area contributed by atoms with Crippen LogP contribution in [0.15, 0.2) is 24.3 Å². The van der Waals surface area contributed by atoms with Crippen LogP contribution in [-0.2, 0) is 9.59 Å². The molecule has 1 aromatic carbocycles. The second-order valence-electron chi connectivity index (χ2n) is 5.70. The number of hydrogen-bond donors (Lipinski definition) is 2. The summed E-state index contributed by atoms with van der Waals surface area (Å²) in [5.74, 6) is -0.807. The van der Waals surface area contributed by atoms with E-state index in [0.717, 1.165) is 6.42 Å². The number of hydrogen-bond acceptors (Lipinski definition) is 4. The zero-order chi connectivity index (χ0) is 17.7. The van der Waals surface area contributed by atoms with Crippen LogP contribution in [0.5, 0.6) is 5.75 Å². The van der Waals surface area contributed by atoms with Gasteiger partial charge in [-0.1, -0.05) is 6.92 Å². The van der Waals surface area contributed by atoms with Gasteiger partial charge in [0.05, 0.1) is 0 Å². The molecule has 1 heterocycles. The van der Waals surface area contributed by atoms with E-state index in [0.29, 0.717) is 18.7 Å². The van der Waals surface area contributed by atoms with Crippen LogP contribution in [-0.4, -0.2) is 37.6 Å². The van der Waals surface area contributed by atoms with Crippen LogP contribution in [0.25, 0.3) is 0 Å². The minimum absolute atomic E-state index is 0.0276. The van der Waals surface area contributed by atoms with Gasteiger partial charge in [0, 0.05) is 24.7 Å². The van der Waals surface area contributed by atoms with Crippen molar-refractivity contribution in [2.24, 2.45) is 11.7 Å². The first kappa shape index (κ1) is 18.1. The van der Waals surface area contributed by atoms with Crippen molar-refractivity contribution in [1.82, 2.24) is 5.32 Å². The number of nitrogens with two attached hydrogens (primary N) is 1. The van der Waals surface area contributed by atoms with E-state index in [1.165, 1.54) is 17.0 Å². The van der Waals surface area contributed by atoms with Crippen LogP contribution < -0.4 is 20.7 Å². The molecule has 0 spiro atoms. The number of ether oxygens (including phenoxy) is 1. The molecule has 3 N–H and O–H groups in total. The molecule has 1 saturated heterocycles. The molecule has 132 valence electrons. The van der Waals surface area contributed by atoms with Gasteiger partial charge in [0.2, 0.25) is 11.8 Å². The number of rotatable bonds is 6. The number of amides is 2. The van der Waals surface area contributed by atoms with E-state index < -0.39 is 12.7 Å². The summed E-state index contributed by atoms with van der Waals surface area (Å²) in [5, 5.41) is 2.72. The van der Waals surface area contributed by atoms with Crippen molar-refractivity contribution in [3.05, 3.63) is 24.3 Å². The number of nitrogens with one attached hydrogen (secondary N) is 1. The fraction of sp³-hybridized carbons (Fsp3) is 0.500. The molecule has 24 heavy (non-hydrogen) atoms. The first-order valence-electron chi connectivity index (χ1n) is 7.79. The topological polar surface area (TPSA) is 84.7 Å². The SMILES string of the molecule is CC(CN)C(=O)NC1CCCN(c2ccc(OC(F)F)cc2)C1=O. The van der Waals surface area contributed by atoms with Crippen molar-refractivity contribution in [2.75, 3.05) is 18.0 Å². The Bertz CT molecular complexity index is 580. The molecule has 0 aromatic heterocycles. The van der Waals surface area contributed by atoms with Crippen molar-refractivity contribution in [3.8, 4) is 5.75 Å². The Morgan fingerprint density at radius 1 is 1.42 bits per heavy atom. The van der Waals surface area contributed by atoms with E-state index in [1.54, 1.807) is 19.1 Å². The molecule has 1 fully saturated rings. The molecule has 1 aromatic rings. The summed E-state index contributed by atoms with van der Waals surface area (Å²) in [7, 11) is 0. The molecule has 2 atom stereocenters. The third kappa shape index (κ3) is 4.41. The zero-order valence-corrected chi connectivity index (χ0v) is 13.4. The summed E-state index contributed by atoms with van der Waals surface area (Å²) >= 11 is 0. The Morgan fingerprint density at radius 2 is 2.08 bits per heavy atom. The molecule has 2 unspecified atom stereocenters. The third-order valence-electron chi connectivity index (χ3n) is 3.93. The lowest BCUT2D eigenvalue weighted by molar-refractivity contribution is -0.130. The van der Waals surface area contributed by atoms with Crippen LogP contribution in [0, 0.1) is 5.92 Å². The predicted octanol–water partition coefficient (Wildman–Crippen LogP) is 1.49. The van der Waals surface area contributed by atoms with Crippen LogP contribution in [0.2, 0.25) is 0 Å². The van der Waals surface area contributed by atoms with Crippen LogP contribution in [0.3, 0.4) is 0 Å². The van der Waals surface area contributed by atoms with Gasteiger partial charge in [-0.15, -0.1) is 0 Å². The Labute approximate surface area is 138 Å². The van der Waals surface area contributed by atoms with E-state index in [1.807, 2.05) is 0 Å². The van der Waals surface area contributed by atoms with E-state index >= 15 is 0 Å². The van der Waals surface area contributed by atoms with Crippen molar-refractivity contribution in [2.45, 2.75) is 32.4 Å². The summed E-state index contributed by atoms with van der Waals surface area (Å²) in [4.78, 5) is 26.0. The average molecular weight is 341 g/mol. The molecule has 2 amide bonds. The maximum atomic E-state index is 12.6. The van der Waals surface area contributed by atoms with Crippen LogP contribution >= 0.6 is 0 Å². The standard InChI is InChI=1S/C16H21F2N3O3/c1-10(9-19)14(22)20-13-3-2-8-21(15(13)23)11-4-6-12(7-5-11)24-16(17)18/h4-7,10,13,16H,2-3,8-9,19H2,1H3,(H,20,22). The van der Waals surface area contributed by atoms with Gasteiger partial charge >= 0.3 is 6.61 Å². The quantitative estimate of drug-likeness (QED) is 0.821. The number of carbonyl (C=O) groups is 2. The highest BCUT2D eigenvalue weighted by Gasteiger charge is 2.31. The van der Waals surface area contributed by atoms with Crippen LogP contribution in [0.1, 0.15) is 19.8 Å². The number of benzene rings is 1. The Morgan fingerprint density at radius 3 is 2.67 bits per heavy atom. The molecule has 6 nitrogen and oxygen atoms in total. The van der Waals surface area contributed by atoms with Crippen molar-refractivity contribution in [1.29, 1.82) is 0 Å². The molecule has 1 aliphatic rings. The monoisotopic (exact) mass is 341 g/mol. The minimum atomic E-state index is -2.89. The van der Waals surface area contributed by atoms with E-state index in [4.69, 9.17) is 5.73 Å². The van der Waals surface area contributed by atoms with Gasteiger partial charge in [0.1, 0.15) is 11.8 Å². The fourth-order valence-corrected chi connectivity index (χ4v) is 2.49. The van der Waals surface area contributed by atoms with E-state index in [-0.39, 0.29) is 30.0 Å². The molecule has 0 saturated carbocycles. The summed E-state index contributed by atoms with van der Waals surface area (Å²) in [6, 6.07) is 5.25. The molecule has 1 aliphatic heterocycles. The Kier molecular flexibility index (Phi) is 6.08. The Balaban J connectivity index is 2.05. The number of carbonyl (C=O) groups excluding carboxylic acids is 2. The van der Waals surface area contributed by atoms with Gasteiger partial charge < -0.3 is 20.7 Å². The molecular weight excluding hydrogens is 320 g/mol. The lowest BCUT2D eigenvalue weighted by Crippen LogP contribution is -2.53. The molecule has 2 rings (SSSR count). The number of halogens is 2. The van der Waals surface area contributed by atoms with Crippen molar-refractivity contribution < 1.29 is 23.1 Å². The van der Waals surface area contributed by atoms with Crippen molar-refractivity contribution in [3.63, 3.8) is 0 Å². The lowest BCUT2D eigenvalue weighted by Gasteiger charge is -2.33. The van der Waals surface area contributed by atoms with Gasteiger partial charge in [0.25, 0.3) is 0 Å². The van der Waals surface area contributed by atoms with Gasteiger partial charge in [-0.25, -0.2) is 0 Å². The lowest BCUT2D eigenvalue weighted by atomic mass is 10.0. The number of alkyl halides is 2. The smallest absolute Gasteiger partial charge is 0.387 e. The third-order valence-corrected chi connectivity index (χ3v) is 3.93. The van der Waals surface area contributed by atoms with E-state index in [9.17, 15) is 18.4 Å². The summed E-state index contributed by atoms with van der Waals surface area (Å²) in [6.07, 6.45) is 1.29. The van der Waals surface area contributed by atoms with Crippen LogP contribution in [0.4, 0.5) is 14.5 Å². The normalized spacial score (nSPS) is 19.3. The molecular formula is C16H21F2N3O3. The number of nitrogens with zero attached hydrogens (tertiary/aromatic N) is 1. The highest BCUT2D eigenvalue weighted by atomic mass is 19.3. The first-order chi connectivity index (χ1) is 11.4. The Hall–Kier alpha value is -2.22. The largest absolute Gasteiger partial charge is 0.435 e. The number of piperidine rings is 1. The van der Waals surface area contributed by atoms with Gasteiger partial charge in [0.15, 0.2) is 0 Å². The van der Waals surface area contributed by atoms with Gasteiger partial charge in [-0.05, 0) is 37.1 Å². The molecule has 8 heteroatoms. The molecule has 0 aliphatic carbocycles. The van der Waals surface area contributed by atoms with E-state index in [2.05, 4.69) is 10.1 Å². The maximum Gasteiger partial charge on any atom is 0.387 e. The summed E-state index contributed by atoms with van der Waals surface area (Å²) in [5.41, 5.74) is 6.03. The van der Waals surface area contributed by atoms with Crippen molar-refractivity contribution >= 4 is 17.5 Å². The molecule has 0 radical (unpaired) electrons. The highest BCUT2D eigenvalue weighted by Crippen LogP contribution is 2.24. The summed E-state index contributed by atoms with van der Waals surface area (Å²) in [6.45, 7) is -0.478.